The number of hydrogen-bond donors (Lipinski definition) is 2. The number of aromatic amines is 1. The summed E-state index contributed by atoms with van der Waals surface area (Å²) >= 11 is 6.06. The van der Waals surface area contributed by atoms with E-state index in [0.717, 1.165) is 33.6 Å². The van der Waals surface area contributed by atoms with Gasteiger partial charge in [0, 0.05) is 45.1 Å². The first-order valence-electron chi connectivity index (χ1n) is 8.24. The maximum absolute atomic E-state index is 6.06. The average Bonchev–Trinajstić information content (AvgIpc) is 3.26. The second kappa shape index (κ2) is 9.75. The highest BCUT2D eigenvalue weighted by atomic mass is 127. The maximum Gasteiger partial charge on any atom is 0.194 e. The summed E-state index contributed by atoms with van der Waals surface area (Å²) in [6.07, 6.45) is 3.41. The fraction of sp³-hybridized carbons (Fsp3) is 0.278. The highest BCUT2D eigenvalue weighted by Gasteiger charge is 2.10. The molecule has 144 valence electrons. The molecule has 0 aliphatic heterocycles. The normalized spacial score (nSPS) is 11.2. The van der Waals surface area contributed by atoms with Crippen molar-refractivity contribution in [1.82, 2.24) is 30.0 Å². The van der Waals surface area contributed by atoms with Crippen LogP contribution < -0.4 is 5.32 Å². The first-order valence-corrected chi connectivity index (χ1v) is 8.62. The minimum Gasteiger partial charge on any atom is -0.352 e. The van der Waals surface area contributed by atoms with Gasteiger partial charge in [0.25, 0.3) is 0 Å². The quantitative estimate of drug-likeness (QED) is 0.321. The fourth-order valence-corrected chi connectivity index (χ4v) is 3.05. The summed E-state index contributed by atoms with van der Waals surface area (Å²) in [6.45, 7) is 1.37. The van der Waals surface area contributed by atoms with Crippen LogP contribution >= 0.6 is 35.6 Å². The predicted octanol–water partition coefficient (Wildman–Crippen LogP) is 3.29. The zero-order valence-electron chi connectivity index (χ0n) is 15.5. The molecule has 0 amide bonds. The number of aryl methyl sites for hydroxylation is 1. The van der Waals surface area contributed by atoms with Crippen LogP contribution in [0.15, 0.2) is 47.8 Å². The van der Waals surface area contributed by atoms with Gasteiger partial charge in [-0.25, -0.2) is 4.98 Å². The minimum atomic E-state index is 0. The largest absolute Gasteiger partial charge is 0.352 e. The molecule has 0 radical (unpaired) electrons. The van der Waals surface area contributed by atoms with Crippen LogP contribution in [0.5, 0.6) is 0 Å². The van der Waals surface area contributed by atoms with Gasteiger partial charge in [0.1, 0.15) is 6.33 Å². The van der Waals surface area contributed by atoms with Crippen LogP contribution in [-0.4, -0.2) is 44.7 Å². The Morgan fingerprint density at radius 2 is 2.19 bits per heavy atom. The van der Waals surface area contributed by atoms with Crippen molar-refractivity contribution in [3.63, 3.8) is 0 Å². The molecule has 0 spiro atoms. The lowest BCUT2D eigenvalue weighted by Crippen LogP contribution is -2.38. The Morgan fingerprint density at radius 3 is 2.81 bits per heavy atom. The number of benzene rings is 1. The number of aliphatic imine (C=N–C) groups is 1. The van der Waals surface area contributed by atoms with Gasteiger partial charge in [-0.05, 0) is 17.7 Å². The van der Waals surface area contributed by atoms with Crippen molar-refractivity contribution in [2.45, 2.75) is 13.1 Å². The summed E-state index contributed by atoms with van der Waals surface area (Å²) in [5, 5.41) is 10.9. The fourth-order valence-electron chi connectivity index (χ4n) is 2.78. The summed E-state index contributed by atoms with van der Waals surface area (Å²) in [5.41, 5.74) is 3.26. The Hall–Kier alpha value is -2.07. The number of guanidine groups is 1. The zero-order valence-corrected chi connectivity index (χ0v) is 18.6. The Bertz CT molecular complexity index is 889. The molecule has 0 aliphatic carbocycles. The number of nitrogens with one attached hydrogen (secondary N) is 2. The smallest absolute Gasteiger partial charge is 0.194 e. The van der Waals surface area contributed by atoms with Crippen LogP contribution in [-0.2, 0) is 20.1 Å². The summed E-state index contributed by atoms with van der Waals surface area (Å²) in [4.78, 5) is 10.6. The van der Waals surface area contributed by atoms with Crippen LogP contribution in [0.25, 0.3) is 11.4 Å². The molecule has 0 bridgehead atoms. The van der Waals surface area contributed by atoms with E-state index < -0.39 is 0 Å². The highest BCUT2D eigenvalue weighted by molar-refractivity contribution is 14.0. The van der Waals surface area contributed by atoms with Crippen molar-refractivity contribution in [3.05, 3.63) is 59.1 Å². The zero-order chi connectivity index (χ0) is 18.5. The third-order valence-corrected chi connectivity index (χ3v) is 4.32. The molecule has 0 aliphatic rings. The van der Waals surface area contributed by atoms with Gasteiger partial charge in [-0.1, -0.05) is 29.8 Å². The molecule has 2 heterocycles. The lowest BCUT2D eigenvalue weighted by molar-refractivity contribution is 0.462. The molecular formula is C18H23ClIN7. The minimum absolute atomic E-state index is 0. The van der Waals surface area contributed by atoms with Gasteiger partial charge in [-0.15, -0.1) is 24.0 Å². The van der Waals surface area contributed by atoms with Gasteiger partial charge in [0.05, 0.1) is 11.6 Å². The van der Waals surface area contributed by atoms with Gasteiger partial charge in [-0.3, -0.25) is 10.1 Å². The Morgan fingerprint density at radius 1 is 1.37 bits per heavy atom. The first-order chi connectivity index (χ1) is 12.6. The Labute approximate surface area is 180 Å². The van der Waals surface area contributed by atoms with Crippen LogP contribution in [0.4, 0.5) is 0 Å². The number of aromatic nitrogens is 4. The number of nitrogens with zero attached hydrogens (tertiary/aromatic N) is 5. The van der Waals surface area contributed by atoms with E-state index in [9.17, 15) is 0 Å². The number of H-pyrrole nitrogens is 1. The summed E-state index contributed by atoms with van der Waals surface area (Å²) in [7, 11) is 5.77. The third-order valence-electron chi connectivity index (χ3n) is 4.11. The molecular weight excluding hydrogens is 477 g/mol. The van der Waals surface area contributed by atoms with E-state index >= 15 is 0 Å². The van der Waals surface area contributed by atoms with Crippen LogP contribution in [0, 0.1) is 0 Å². The van der Waals surface area contributed by atoms with Crippen LogP contribution in [0.3, 0.4) is 0 Å². The van der Waals surface area contributed by atoms with E-state index in [1.807, 2.05) is 43.1 Å². The lowest BCUT2D eigenvalue weighted by Gasteiger charge is -2.22. The van der Waals surface area contributed by atoms with E-state index in [4.69, 9.17) is 11.6 Å². The molecule has 0 atom stereocenters. The SMILES string of the molecule is CN=C(NCc1cccc(-c2ncn[nH]2)c1)N(C)Cc1cc(Cl)cn1C.I. The van der Waals surface area contributed by atoms with Crippen molar-refractivity contribution in [1.29, 1.82) is 0 Å². The van der Waals surface area contributed by atoms with Crippen molar-refractivity contribution in [3.8, 4) is 11.4 Å². The number of rotatable bonds is 5. The number of hydrogen-bond acceptors (Lipinski definition) is 3. The van der Waals surface area contributed by atoms with E-state index in [0.29, 0.717) is 13.1 Å². The molecule has 0 saturated heterocycles. The van der Waals surface area contributed by atoms with Crippen molar-refractivity contribution in [2.24, 2.45) is 12.0 Å². The van der Waals surface area contributed by atoms with E-state index in [1.54, 1.807) is 7.05 Å². The second-order valence-corrected chi connectivity index (χ2v) is 6.49. The Kier molecular flexibility index (Phi) is 7.66. The van der Waals surface area contributed by atoms with Crippen LogP contribution in [0.1, 0.15) is 11.3 Å². The lowest BCUT2D eigenvalue weighted by atomic mass is 10.1. The predicted molar refractivity (Wildman–Crippen MR) is 119 cm³/mol. The molecule has 2 aromatic heterocycles. The molecule has 0 saturated carbocycles. The monoisotopic (exact) mass is 499 g/mol. The van der Waals surface area contributed by atoms with Gasteiger partial charge in [0.2, 0.25) is 0 Å². The van der Waals surface area contributed by atoms with Crippen molar-refractivity contribution < 1.29 is 0 Å². The molecule has 0 unspecified atom stereocenters. The summed E-state index contributed by atoms with van der Waals surface area (Å²) in [5.74, 6) is 1.57. The molecule has 27 heavy (non-hydrogen) atoms. The molecule has 2 N–H and O–H groups in total. The maximum atomic E-state index is 6.06. The molecule has 7 nitrogen and oxygen atoms in total. The topological polar surface area (TPSA) is 74.1 Å². The average molecular weight is 500 g/mol. The number of halogens is 2. The van der Waals surface area contributed by atoms with Gasteiger partial charge in [-0.2, -0.15) is 5.10 Å². The summed E-state index contributed by atoms with van der Waals surface area (Å²) < 4.78 is 2.02. The second-order valence-electron chi connectivity index (χ2n) is 6.05. The molecule has 0 fully saturated rings. The molecule has 3 aromatic rings. The van der Waals surface area contributed by atoms with Gasteiger partial charge >= 0.3 is 0 Å². The van der Waals surface area contributed by atoms with Crippen molar-refractivity contribution in [2.75, 3.05) is 14.1 Å². The van der Waals surface area contributed by atoms with Gasteiger partial charge in [0.15, 0.2) is 11.8 Å². The highest BCUT2D eigenvalue weighted by Crippen LogP contribution is 2.16. The molecule has 3 rings (SSSR count). The Balaban J connectivity index is 0.00000261. The van der Waals surface area contributed by atoms with E-state index in [2.05, 4.69) is 42.5 Å². The summed E-state index contributed by atoms with van der Waals surface area (Å²) in [6, 6.07) is 10.1. The van der Waals surface area contributed by atoms with E-state index in [1.165, 1.54) is 6.33 Å². The third kappa shape index (κ3) is 5.46. The standard InChI is InChI=1S/C18H22ClN7.HI/c1-20-18(26(3)11-16-8-15(19)10-25(16)2)21-9-13-5-4-6-14(7-13)17-22-12-23-24-17;/h4-8,10,12H,9,11H2,1-3H3,(H,20,21)(H,22,23,24);1H. The molecule has 1 aromatic carbocycles. The van der Waals surface area contributed by atoms with E-state index in [-0.39, 0.29) is 24.0 Å². The van der Waals surface area contributed by atoms with Crippen LogP contribution in [0.2, 0.25) is 5.02 Å². The molecule has 9 heteroatoms. The first kappa shape index (κ1) is 21.2. The van der Waals surface area contributed by atoms with Gasteiger partial charge < -0.3 is 14.8 Å². The van der Waals surface area contributed by atoms with Crippen molar-refractivity contribution >= 4 is 41.5 Å².